The van der Waals surface area contributed by atoms with E-state index < -0.39 is 17.5 Å². The van der Waals surface area contributed by atoms with Crippen molar-refractivity contribution in [3.63, 3.8) is 0 Å². The van der Waals surface area contributed by atoms with Gasteiger partial charge in [-0.3, -0.25) is 4.79 Å². The van der Waals surface area contributed by atoms with E-state index in [-0.39, 0.29) is 17.3 Å². The fourth-order valence-electron chi connectivity index (χ4n) is 1.58. The second-order valence-corrected chi connectivity index (χ2v) is 4.82. The SMILES string of the molecule is CC(CCN(C)C)NC(=O)c1cc(F)c(F)cc1N. The van der Waals surface area contributed by atoms with Crippen molar-refractivity contribution in [2.75, 3.05) is 26.4 Å². The molecule has 1 unspecified atom stereocenters. The predicted molar refractivity (Wildman–Crippen MR) is 70.9 cm³/mol. The molecule has 0 saturated carbocycles. The van der Waals surface area contributed by atoms with Crippen LogP contribution in [0.4, 0.5) is 14.5 Å². The van der Waals surface area contributed by atoms with Crippen LogP contribution >= 0.6 is 0 Å². The zero-order chi connectivity index (χ0) is 14.6. The first kappa shape index (κ1) is 15.4. The molecule has 1 rings (SSSR count). The highest BCUT2D eigenvalue weighted by molar-refractivity contribution is 5.99. The summed E-state index contributed by atoms with van der Waals surface area (Å²) in [6.07, 6.45) is 0.752. The largest absolute Gasteiger partial charge is 0.398 e. The van der Waals surface area contributed by atoms with E-state index in [1.165, 1.54) is 0 Å². The number of halogens is 2. The molecule has 0 aliphatic carbocycles. The molecular weight excluding hydrogens is 252 g/mol. The van der Waals surface area contributed by atoms with Crippen LogP contribution in [0, 0.1) is 11.6 Å². The fourth-order valence-corrected chi connectivity index (χ4v) is 1.58. The lowest BCUT2D eigenvalue weighted by Crippen LogP contribution is -2.35. The molecule has 1 amide bonds. The Morgan fingerprint density at radius 1 is 1.37 bits per heavy atom. The Bertz CT molecular complexity index is 463. The first-order valence-corrected chi connectivity index (χ1v) is 6.01. The normalized spacial score (nSPS) is 12.5. The minimum Gasteiger partial charge on any atom is -0.398 e. The highest BCUT2D eigenvalue weighted by Crippen LogP contribution is 2.17. The Balaban J connectivity index is 2.70. The summed E-state index contributed by atoms with van der Waals surface area (Å²) in [6, 6.07) is 1.55. The lowest BCUT2D eigenvalue weighted by Gasteiger charge is -2.17. The molecule has 19 heavy (non-hydrogen) atoms. The second kappa shape index (κ2) is 6.47. The van der Waals surface area contributed by atoms with Crippen molar-refractivity contribution >= 4 is 11.6 Å². The van der Waals surface area contributed by atoms with E-state index in [0.717, 1.165) is 25.1 Å². The molecule has 1 aromatic carbocycles. The van der Waals surface area contributed by atoms with Gasteiger partial charge in [-0.25, -0.2) is 8.78 Å². The number of hydrogen-bond donors (Lipinski definition) is 2. The van der Waals surface area contributed by atoms with E-state index in [2.05, 4.69) is 5.32 Å². The zero-order valence-electron chi connectivity index (χ0n) is 11.3. The van der Waals surface area contributed by atoms with Gasteiger partial charge in [0.2, 0.25) is 0 Å². The molecule has 1 aromatic rings. The van der Waals surface area contributed by atoms with Crippen molar-refractivity contribution in [3.8, 4) is 0 Å². The van der Waals surface area contributed by atoms with Gasteiger partial charge in [0.15, 0.2) is 11.6 Å². The van der Waals surface area contributed by atoms with Gasteiger partial charge in [-0.1, -0.05) is 0 Å². The summed E-state index contributed by atoms with van der Waals surface area (Å²) in [5.74, 6) is -2.64. The molecular formula is C13H19F2N3O. The van der Waals surface area contributed by atoms with Crippen LogP contribution in [0.25, 0.3) is 0 Å². The maximum atomic E-state index is 13.1. The van der Waals surface area contributed by atoms with Gasteiger partial charge in [-0.2, -0.15) is 0 Å². The van der Waals surface area contributed by atoms with Gasteiger partial charge < -0.3 is 16.0 Å². The highest BCUT2D eigenvalue weighted by atomic mass is 19.2. The van der Waals surface area contributed by atoms with Gasteiger partial charge >= 0.3 is 0 Å². The Labute approximate surface area is 111 Å². The van der Waals surface area contributed by atoms with Gasteiger partial charge in [0.25, 0.3) is 5.91 Å². The summed E-state index contributed by atoms with van der Waals surface area (Å²) >= 11 is 0. The molecule has 3 N–H and O–H groups in total. The Morgan fingerprint density at radius 3 is 2.53 bits per heavy atom. The van der Waals surface area contributed by atoms with E-state index in [0.29, 0.717) is 0 Å². The summed E-state index contributed by atoms with van der Waals surface area (Å²) in [6.45, 7) is 2.66. The predicted octanol–water partition coefficient (Wildman–Crippen LogP) is 1.62. The number of amides is 1. The number of nitrogen functional groups attached to an aromatic ring is 1. The summed E-state index contributed by atoms with van der Waals surface area (Å²) in [7, 11) is 3.86. The standard InChI is InChI=1S/C13H19F2N3O/c1-8(4-5-18(2)3)17-13(19)9-6-10(14)11(15)7-12(9)16/h6-8H,4-5,16H2,1-3H3,(H,17,19). The van der Waals surface area contributed by atoms with Crippen LogP contribution in [0.5, 0.6) is 0 Å². The van der Waals surface area contributed by atoms with Gasteiger partial charge in [0.05, 0.1) is 5.56 Å². The average Bonchev–Trinajstić information content (AvgIpc) is 2.31. The minimum atomic E-state index is -1.08. The van der Waals surface area contributed by atoms with Gasteiger partial charge in [0, 0.05) is 17.8 Å². The van der Waals surface area contributed by atoms with Crippen LogP contribution < -0.4 is 11.1 Å². The summed E-state index contributed by atoms with van der Waals surface area (Å²) in [5.41, 5.74) is 5.39. The third kappa shape index (κ3) is 4.48. The number of rotatable bonds is 5. The molecule has 0 spiro atoms. The summed E-state index contributed by atoms with van der Waals surface area (Å²) < 4.78 is 26.0. The first-order chi connectivity index (χ1) is 8.81. The van der Waals surface area contributed by atoms with E-state index in [1.54, 1.807) is 0 Å². The molecule has 4 nitrogen and oxygen atoms in total. The molecule has 0 aromatic heterocycles. The van der Waals surface area contributed by atoms with Crippen molar-refractivity contribution in [2.24, 2.45) is 0 Å². The molecule has 0 heterocycles. The third-order valence-corrected chi connectivity index (χ3v) is 2.72. The number of nitrogens with one attached hydrogen (secondary N) is 1. The molecule has 0 saturated heterocycles. The van der Waals surface area contributed by atoms with E-state index in [9.17, 15) is 13.6 Å². The lowest BCUT2D eigenvalue weighted by atomic mass is 10.1. The highest BCUT2D eigenvalue weighted by Gasteiger charge is 2.16. The smallest absolute Gasteiger partial charge is 0.253 e. The fraction of sp³-hybridized carbons (Fsp3) is 0.462. The molecule has 0 radical (unpaired) electrons. The van der Waals surface area contributed by atoms with E-state index >= 15 is 0 Å². The van der Waals surface area contributed by atoms with Crippen LogP contribution in [-0.4, -0.2) is 37.5 Å². The van der Waals surface area contributed by atoms with Crippen LogP contribution in [-0.2, 0) is 0 Å². The van der Waals surface area contributed by atoms with Gasteiger partial charge in [-0.05, 0) is 40.1 Å². The zero-order valence-corrected chi connectivity index (χ0v) is 11.3. The molecule has 0 fully saturated rings. The number of anilines is 1. The Hall–Kier alpha value is -1.69. The number of benzene rings is 1. The molecule has 6 heteroatoms. The van der Waals surface area contributed by atoms with Crippen molar-refractivity contribution in [2.45, 2.75) is 19.4 Å². The van der Waals surface area contributed by atoms with Crippen LogP contribution in [0.3, 0.4) is 0 Å². The number of nitrogens with two attached hydrogens (primary N) is 1. The minimum absolute atomic E-state index is 0.0457. The van der Waals surface area contributed by atoms with Crippen LogP contribution in [0.15, 0.2) is 12.1 Å². The van der Waals surface area contributed by atoms with Crippen LogP contribution in [0.1, 0.15) is 23.7 Å². The number of carbonyl (C=O) groups is 1. The molecule has 0 aliphatic heterocycles. The maximum absolute atomic E-state index is 13.1. The first-order valence-electron chi connectivity index (χ1n) is 6.01. The Morgan fingerprint density at radius 2 is 1.95 bits per heavy atom. The molecule has 0 aliphatic rings. The van der Waals surface area contributed by atoms with Gasteiger partial charge in [-0.15, -0.1) is 0 Å². The lowest BCUT2D eigenvalue weighted by molar-refractivity contribution is 0.0937. The van der Waals surface area contributed by atoms with E-state index in [4.69, 9.17) is 5.73 Å². The number of nitrogens with zero attached hydrogens (tertiary/aromatic N) is 1. The summed E-state index contributed by atoms with van der Waals surface area (Å²) in [4.78, 5) is 13.9. The monoisotopic (exact) mass is 271 g/mol. The van der Waals surface area contributed by atoms with Crippen LogP contribution in [0.2, 0.25) is 0 Å². The van der Waals surface area contributed by atoms with Gasteiger partial charge in [0.1, 0.15) is 0 Å². The van der Waals surface area contributed by atoms with E-state index in [1.807, 2.05) is 25.9 Å². The van der Waals surface area contributed by atoms with Crippen molar-refractivity contribution < 1.29 is 13.6 Å². The van der Waals surface area contributed by atoms with Crippen molar-refractivity contribution in [1.29, 1.82) is 0 Å². The second-order valence-electron chi connectivity index (χ2n) is 4.82. The molecule has 1 atom stereocenters. The average molecular weight is 271 g/mol. The third-order valence-electron chi connectivity index (χ3n) is 2.72. The number of hydrogen-bond acceptors (Lipinski definition) is 3. The molecule has 106 valence electrons. The topological polar surface area (TPSA) is 58.4 Å². The van der Waals surface area contributed by atoms with Crippen molar-refractivity contribution in [3.05, 3.63) is 29.3 Å². The number of carbonyl (C=O) groups excluding carboxylic acids is 1. The quantitative estimate of drug-likeness (QED) is 0.800. The molecule has 0 bridgehead atoms. The Kier molecular flexibility index (Phi) is 5.23. The maximum Gasteiger partial charge on any atom is 0.253 e. The van der Waals surface area contributed by atoms with Crippen molar-refractivity contribution in [1.82, 2.24) is 10.2 Å². The summed E-state index contributed by atoms with van der Waals surface area (Å²) in [5, 5.41) is 2.70.